The number of amides is 4. The van der Waals surface area contributed by atoms with Gasteiger partial charge in [-0.25, -0.2) is 9.97 Å². The van der Waals surface area contributed by atoms with Crippen LogP contribution in [-0.4, -0.2) is 44.5 Å². The van der Waals surface area contributed by atoms with E-state index < -0.39 is 29.5 Å². The number of imide groups is 1. The van der Waals surface area contributed by atoms with Gasteiger partial charge in [-0.05, 0) is 29.7 Å². The van der Waals surface area contributed by atoms with Crippen molar-refractivity contribution in [2.45, 2.75) is 37.9 Å². The maximum Gasteiger partial charge on any atom is 0.366 e. The fourth-order valence-electron chi connectivity index (χ4n) is 3.62. The van der Waals surface area contributed by atoms with Crippen LogP contribution in [0.3, 0.4) is 0 Å². The number of fused-ring (bicyclic) bond motifs is 1. The molecule has 31 heavy (non-hydrogen) atoms. The summed E-state index contributed by atoms with van der Waals surface area (Å²) in [5.74, 6) is -6.56. The first-order valence-corrected chi connectivity index (χ1v) is 9.46. The number of benzene rings is 1. The van der Waals surface area contributed by atoms with Gasteiger partial charge in [-0.15, -0.1) is 0 Å². The number of nitrogens with one attached hydrogen (secondary N) is 2. The number of piperidine rings is 1. The van der Waals surface area contributed by atoms with Crippen LogP contribution in [0.25, 0.3) is 0 Å². The summed E-state index contributed by atoms with van der Waals surface area (Å²) in [4.78, 5) is 56.4. The molecule has 0 bridgehead atoms. The highest BCUT2D eigenvalue weighted by Crippen LogP contribution is 2.29. The van der Waals surface area contributed by atoms with Crippen LogP contribution >= 0.6 is 0 Å². The number of carbonyl (C=O) groups excluding carboxylic acids is 4. The molecule has 0 aliphatic carbocycles. The van der Waals surface area contributed by atoms with Crippen molar-refractivity contribution in [3.8, 4) is 0 Å². The van der Waals surface area contributed by atoms with E-state index in [9.17, 15) is 28.0 Å². The SMILES string of the molecule is O=C1CCC(N2Cc3cc(CNC(=O)C(F)(F)c4ccncn4)ccc3C2=O)C(=O)N1. The first-order chi connectivity index (χ1) is 14.8. The Morgan fingerprint density at radius 2 is 2.06 bits per heavy atom. The fraction of sp³-hybridized carbons (Fsp3) is 0.300. The van der Waals surface area contributed by atoms with Crippen LogP contribution in [0.15, 0.2) is 36.8 Å². The minimum absolute atomic E-state index is 0.147. The third kappa shape index (κ3) is 3.86. The van der Waals surface area contributed by atoms with Gasteiger partial charge in [0.15, 0.2) is 0 Å². The zero-order valence-corrected chi connectivity index (χ0v) is 16.1. The van der Waals surface area contributed by atoms with Gasteiger partial charge in [0, 0.05) is 31.3 Å². The Bertz CT molecular complexity index is 1080. The first-order valence-electron chi connectivity index (χ1n) is 9.46. The van der Waals surface area contributed by atoms with E-state index in [1.54, 1.807) is 12.1 Å². The van der Waals surface area contributed by atoms with Gasteiger partial charge in [-0.1, -0.05) is 12.1 Å². The topological polar surface area (TPSA) is 121 Å². The molecule has 3 heterocycles. The molecular formula is C20H17F2N5O4. The van der Waals surface area contributed by atoms with Gasteiger partial charge in [0.2, 0.25) is 11.8 Å². The van der Waals surface area contributed by atoms with Crippen LogP contribution < -0.4 is 10.6 Å². The summed E-state index contributed by atoms with van der Waals surface area (Å²) in [6.07, 6.45) is 2.44. The number of nitrogens with zero attached hydrogens (tertiary/aromatic N) is 3. The van der Waals surface area contributed by atoms with Crippen LogP contribution in [0.5, 0.6) is 0 Å². The predicted molar refractivity (Wildman–Crippen MR) is 100 cm³/mol. The maximum absolute atomic E-state index is 14.2. The number of alkyl halides is 2. The molecule has 0 spiro atoms. The molecule has 11 heteroatoms. The molecule has 4 rings (SSSR count). The minimum atomic E-state index is -3.82. The van der Waals surface area contributed by atoms with E-state index in [2.05, 4.69) is 20.6 Å². The van der Waals surface area contributed by atoms with Gasteiger partial charge in [-0.3, -0.25) is 24.5 Å². The van der Waals surface area contributed by atoms with Crippen molar-refractivity contribution in [1.29, 1.82) is 0 Å². The smallest absolute Gasteiger partial charge is 0.346 e. The lowest BCUT2D eigenvalue weighted by molar-refractivity contribution is -0.147. The van der Waals surface area contributed by atoms with Crippen molar-refractivity contribution in [2.75, 3.05) is 0 Å². The van der Waals surface area contributed by atoms with Gasteiger partial charge >= 0.3 is 5.92 Å². The molecule has 2 aromatic rings. The normalized spacial score (nSPS) is 18.6. The van der Waals surface area contributed by atoms with Gasteiger partial charge in [0.25, 0.3) is 11.8 Å². The van der Waals surface area contributed by atoms with Crippen molar-refractivity contribution < 1.29 is 28.0 Å². The minimum Gasteiger partial charge on any atom is -0.346 e. The molecule has 1 unspecified atom stereocenters. The van der Waals surface area contributed by atoms with Crippen LogP contribution in [0, 0.1) is 0 Å². The highest BCUT2D eigenvalue weighted by Gasteiger charge is 2.42. The number of hydrogen-bond donors (Lipinski definition) is 2. The zero-order chi connectivity index (χ0) is 22.2. The number of carbonyl (C=O) groups is 4. The Morgan fingerprint density at radius 1 is 1.26 bits per heavy atom. The number of aromatic nitrogens is 2. The third-order valence-corrected chi connectivity index (χ3v) is 5.23. The molecule has 1 saturated heterocycles. The number of rotatable bonds is 5. The van der Waals surface area contributed by atoms with Crippen molar-refractivity contribution in [2.24, 2.45) is 0 Å². The molecule has 2 aliphatic heterocycles. The molecule has 4 amide bonds. The Morgan fingerprint density at radius 3 is 2.77 bits per heavy atom. The average molecular weight is 429 g/mol. The van der Waals surface area contributed by atoms with E-state index in [1.807, 2.05) is 0 Å². The van der Waals surface area contributed by atoms with Crippen molar-refractivity contribution in [3.05, 3.63) is 59.2 Å². The van der Waals surface area contributed by atoms with E-state index in [4.69, 9.17) is 0 Å². The molecule has 9 nitrogen and oxygen atoms in total. The Labute approximate surface area is 174 Å². The fourth-order valence-corrected chi connectivity index (χ4v) is 3.62. The highest BCUT2D eigenvalue weighted by molar-refractivity contribution is 6.05. The van der Waals surface area contributed by atoms with Gasteiger partial charge in [0.05, 0.1) is 0 Å². The summed E-state index contributed by atoms with van der Waals surface area (Å²) in [6, 6.07) is 4.93. The Kier molecular flexibility index (Phi) is 5.17. The molecule has 1 aromatic carbocycles. The highest BCUT2D eigenvalue weighted by atomic mass is 19.3. The van der Waals surface area contributed by atoms with E-state index in [0.717, 1.165) is 18.6 Å². The molecule has 1 atom stereocenters. The van der Waals surface area contributed by atoms with Crippen molar-refractivity contribution in [1.82, 2.24) is 25.5 Å². The van der Waals surface area contributed by atoms with Crippen molar-refractivity contribution >= 4 is 23.6 Å². The third-order valence-electron chi connectivity index (χ3n) is 5.23. The summed E-state index contributed by atoms with van der Waals surface area (Å²) in [5, 5.41) is 4.40. The lowest BCUT2D eigenvalue weighted by Gasteiger charge is -2.29. The zero-order valence-electron chi connectivity index (χ0n) is 16.1. The second kappa shape index (κ2) is 7.82. The summed E-state index contributed by atoms with van der Waals surface area (Å²) in [5.41, 5.74) is 0.818. The molecule has 0 radical (unpaired) electrons. The second-order valence-corrected chi connectivity index (χ2v) is 7.24. The van der Waals surface area contributed by atoms with Crippen LogP contribution in [0.4, 0.5) is 8.78 Å². The molecule has 160 valence electrons. The molecule has 1 fully saturated rings. The van der Waals surface area contributed by atoms with Gasteiger partial charge in [-0.2, -0.15) is 8.78 Å². The molecular weight excluding hydrogens is 412 g/mol. The second-order valence-electron chi connectivity index (χ2n) is 7.24. The predicted octanol–water partition coefficient (Wildman–Crippen LogP) is 0.646. The molecule has 0 saturated carbocycles. The van der Waals surface area contributed by atoms with E-state index in [-0.39, 0.29) is 37.7 Å². The maximum atomic E-state index is 14.2. The lowest BCUT2D eigenvalue weighted by atomic mass is 10.0. The van der Waals surface area contributed by atoms with E-state index in [1.165, 1.54) is 11.0 Å². The first kappa shape index (κ1) is 20.5. The molecule has 2 aliphatic rings. The van der Waals surface area contributed by atoms with Gasteiger partial charge < -0.3 is 10.2 Å². The summed E-state index contributed by atoms with van der Waals surface area (Å²) in [6.45, 7) is -0.0290. The summed E-state index contributed by atoms with van der Waals surface area (Å²) < 4.78 is 28.5. The van der Waals surface area contributed by atoms with E-state index >= 15 is 0 Å². The molecule has 1 aromatic heterocycles. The number of halogens is 2. The summed E-state index contributed by atoms with van der Waals surface area (Å²) >= 11 is 0. The average Bonchev–Trinajstić information content (AvgIpc) is 3.08. The largest absolute Gasteiger partial charge is 0.366 e. The van der Waals surface area contributed by atoms with Crippen LogP contribution in [0.1, 0.15) is 40.0 Å². The standard InChI is InChI=1S/C20H17F2N5O4/c21-20(22,15-5-6-23-10-25-15)19(31)24-8-11-1-2-13-12(7-11)9-27(18(13)30)14-3-4-16(28)26-17(14)29/h1-2,5-7,10,14H,3-4,8-9H2,(H,24,31)(H,26,28,29). The van der Waals surface area contributed by atoms with Crippen LogP contribution in [-0.2, 0) is 33.4 Å². The number of hydrogen-bond acceptors (Lipinski definition) is 6. The molecule has 2 N–H and O–H groups in total. The monoisotopic (exact) mass is 429 g/mol. The van der Waals surface area contributed by atoms with Crippen molar-refractivity contribution in [3.63, 3.8) is 0 Å². The summed E-state index contributed by atoms with van der Waals surface area (Å²) in [7, 11) is 0. The van der Waals surface area contributed by atoms with E-state index in [0.29, 0.717) is 16.7 Å². The van der Waals surface area contributed by atoms with Gasteiger partial charge in [0.1, 0.15) is 18.1 Å². The Balaban J connectivity index is 1.43. The lowest BCUT2D eigenvalue weighted by Crippen LogP contribution is -2.52. The van der Waals surface area contributed by atoms with Crippen LogP contribution in [0.2, 0.25) is 0 Å². The quantitative estimate of drug-likeness (QED) is 0.673. The Hall–Kier alpha value is -3.76.